The average molecular weight is 391 g/mol. The van der Waals surface area contributed by atoms with Crippen molar-refractivity contribution in [2.45, 2.75) is 84.2 Å². The summed E-state index contributed by atoms with van der Waals surface area (Å²) in [6.45, 7) is 4.69. The van der Waals surface area contributed by atoms with Crippen molar-refractivity contribution in [2.75, 3.05) is 5.75 Å². The summed E-state index contributed by atoms with van der Waals surface area (Å²) in [7, 11) is 0. The summed E-state index contributed by atoms with van der Waals surface area (Å²) in [5.74, 6) is 3.12. The molecule has 0 radical (unpaired) electrons. The molecule has 4 aliphatic rings. The number of fused-ring (bicyclic) bond motifs is 5. The smallest absolute Gasteiger partial charge is 0.306 e. The van der Waals surface area contributed by atoms with Crippen LogP contribution < -0.4 is 0 Å². The zero-order chi connectivity index (χ0) is 19.2. The number of carbonyl (C=O) groups is 2. The van der Waals surface area contributed by atoms with Crippen LogP contribution in [0, 0.1) is 28.6 Å². The molecule has 0 aromatic carbocycles. The molecule has 27 heavy (non-hydrogen) atoms. The molecule has 0 saturated heterocycles. The molecule has 0 aliphatic heterocycles. The Morgan fingerprint density at radius 3 is 2.70 bits per heavy atom. The second-order valence-corrected chi connectivity index (χ2v) is 10.3. The first-order valence-corrected chi connectivity index (χ1v) is 11.5. The van der Waals surface area contributed by atoms with Crippen molar-refractivity contribution in [1.29, 1.82) is 0 Å². The Balaban J connectivity index is 1.48. The first-order valence-electron chi connectivity index (χ1n) is 10.9. The third kappa shape index (κ3) is 3.20. The SMILES string of the molecule is C[C@]12CC[C@H](OC(=O)CCCS)CC1=CCC1C2CC[C@]2(C)C(=O)CCC12. The molecule has 4 heteroatoms. The highest BCUT2D eigenvalue weighted by Gasteiger charge is 2.58. The fraction of sp³-hybridized carbons (Fsp3) is 0.826. The van der Waals surface area contributed by atoms with E-state index < -0.39 is 0 Å². The number of carbonyl (C=O) groups excluding carboxylic acids is 2. The van der Waals surface area contributed by atoms with Crippen LogP contribution in [0.15, 0.2) is 11.6 Å². The van der Waals surface area contributed by atoms with Crippen LogP contribution >= 0.6 is 12.6 Å². The molecule has 4 aliphatic carbocycles. The Morgan fingerprint density at radius 1 is 1.19 bits per heavy atom. The van der Waals surface area contributed by atoms with Gasteiger partial charge in [-0.2, -0.15) is 12.6 Å². The van der Waals surface area contributed by atoms with E-state index >= 15 is 0 Å². The van der Waals surface area contributed by atoms with E-state index in [1.165, 1.54) is 12.0 Å². The lowest BCUT2D eigenvalue weighted by molar-refractivity contribution is -0.151. The first kappa shape index (κ1) is 19.5. The largest absolute Gasteiger partial charge is 0.462 e. The van der Waals surface area contributed by atoms with Crippen LogP contribution in [0.5, 0.6) is 0 Å². The molecule has 3 nitrogen and oxygen atoms in total. The first-order chi connectivity index (χ1) is 12.9. The average Bonchev–Trinajstić information content (AvgIpc) is 2.95. The molecule has 0 heterocycles. The van der Waals surface area contributed by atoms with Crippen molar-refractivity contribution in [3.8, 4) is 0 Å². The van der Waals surface area contributed by atoms with Crippen LogP contribution in [-0.2, 0) is 14.3 Å². The van der Waals surface area contributed by atoms with Crippen molar-refractivity contribution in [1.82, 2.24) is 0 Å². The summed E-state index contributed by atoms with van der Waals surface area (Å²) in [5, 5.41) is 0. The fourth-order valence-corrected chi connectivity index (χ4v) is 7.13. The molecule has 0 aromatic heterocycles. The molecule has 150 valence electrons. The van der Waals surface area contributed by atoms with Crippen LogP contribution in [0.3, 0.4) is 0 Å². The molecular formula is C23H34O3S. The van der Waals surface area contributed by atoms with E-state index in [9.17, 15) is 9.59 Å². The molecule has 4 rings (SSSR count). The lowest BCUT2D eigenvalue weighted by atomic mass is 9.48. The Bertz CT molecular complexity index is 656. The standard InChI is InChI=1S/C23H34O3S/c1-22-11-9-16(26-21(25)4-3-13-27)14-15(22)5-6-17-18-7-8-20(24)23(18,2)12-10-19(17)22/h5,16-19,27H,3-4,6-14H2,1-2H3/t16-,17?,18?,19?,22-,23-/m0/s1. The number of hydrogen-bond donors (Lipinski definition) is 1. The monoisotopic (exact) mass is 390 g/mol. The van der Waals surface area contributed by atoms with Crippen LogP contribution in [0.2, 0.25) is 0 Å². The van der Waals surface area contributed by atoms with Gasteiger partial charge < -0.3 is 4.74 Å². The van der Waals surface area contributed by atoms with E-state index in [-0.39, 0.29) is 22.9 Å². The van der Waals surface area contributed by atoms with Crippen molar-refractivity contribution < 1.29 is 14.3 Å². The van der Waals surface area contributed by atoms with Crippen LogP contribution in [0.25, 0.3) is 0 Å². The van der Waals surface area contributed by atoms with E-state index in [1.54, 1.807) is 0 Å². The lowest BCUT2D eigenvalue weighted by Gasteiger charge is -2.56. The quantitative estimate of drug-likeness (QED) is 0.411. The fourth-order valence-electron chi connectivity index (χ4n) is 6.97. The number of ketones is 1. The van der Waals surface area contributed by atoms with Gasteiger partial charge in [-0.3, -0.25) is 9.59 Å². The minimum atomic E-state index is -0.0650. The minimum absolute atomic E-state index is 0.0511. The second-order valence-electron chi connectivity index (χ2n) is 9.86. The number of thiol groups is 1. The van der Waals surface area contributed by atoms with Crippen molar-refractivity contribution >= 4 is 24.4 Å². The van der Waals surface area contributed by atoms with Gasteiger partial charge in [0.1, 0.15) is 11.9 Å². The van der Waals surface area contributed by atoms with Gasteiger partial charge in [0.2, 0.25) is 0 Å². The van der Waals surface area contributed by atoms with E-state index in [4.69, 9.17) is 4.74 Å². The van der Waals surface area contributed by atoms with Gasteiger partial charge in [0, 0.05) is 24.7 Å². The van der Waals surface area contributed by atoms with Crippen LogP contribution in [0.1, 0.15) is 78.1 Å². The number of allylic oxidation sites excluding steroid dienone is 1. The predicted molar refractivity (Wildman–Crippen MR) is 110 cm³/mol. The molecule has 0 N–H and O–H groups in total. The molecule has 3 fully saturated rings. The maximum atomic E-state index is 12.5. The molecule has 3 saturated carbocycles. The molecular weight excluding hydrogens is 356 g/mol. The molecule has 0 aromatic rings. The topological polar surface area (TPSA) is 43.4 Å². The maximum absolute atomic E-state index is 12.5. The highest BCUT2D eigenvalue weighted by molar-refractivity contribution is 7.80. The van der Waals surface area contributed by atoms with Gasteiger partial charge >= 0.3 is 5.97 Å². The summed E-state index contributed by atoms with van der Waals surface area (Å²) in [6.07, 6.45) is 12.0. The zero-order valence-electron chi connectivity index (χ0n) is 16.8. The summed E-state index contributed by atoms with van der Waals surface area (Å²) in [5.41, 5.74) is 1.71. The molecule has 6 atom stereocenters. The molecule has 0 bridgehead atoms. The Kier molecular flexibility index (Phi) is 5.24. The summed E-state index contributed by atoms with van der Waals surface area (Å²) in [4.78, 5) is 24.5. The number of Topliss-reactive ketones (excluding diaryl/α,β-unsaturated/α-hetero) is 1. The van der Waals surface area contributed by atoms with Crippen LogP contribution in [0.4, 0.5) is 0 Å². The van der Waals surface area contributed by atoms with Crippen LogP contribution in [-0.4, -0.2) is 23.6 Å². The number of esters is 1. The Labute approximate surface area is 169 Å². The molecule has 0 amide bonds. The zero-order valence-corrected chi connectivity index (χ0v) is 17.7. The number of hydrogen-bond acceptors (Lipinski definition) is 4. The van der Waals surface area contributed by atoms with Gasteiger partial charge in [-0.25, -0.2) is 0 Å². The van der Waals surface area contributed by atoms with Gasteiger partial charge in [-0.05, 0) is 73.9 Å². The van der Waals surface area contributed by atoms with E-state index in [0.29, 0.717) is 30.0 Å². The highest BCUT2D eigenvalue weighted by Crippen LogP contribution is 2.64. The van der Waals surface area contributed by atoms with Gasteiger partial charge in [0.05, 0.1) is 0 Å². The Morgan fingerprint density at radius 2 is 1.93 bits per heavy atom. The number of ether oxygens (including phenoxy) is 1. The summed E-state index contributed by atoms with van der Waals surface area (Å²) < 4.78 is 5.76. The van der Waals surface area contributed by atoms with Crippen molar-refractivity contribution in [3.63, 3.8) is 0 Å². The van der Waals surface area contributed by atoms with Crippen molar-refractivity contribution in [2.24, 2.45) is 28.6 Å². The highest BCUT2D eigenvalue weighted by atomic mass is 32.1. The van der Waals surface area contributed by atoms with Gasteiger partial charge in [0.15, 0.2) is 0 Å². The van der Waals surface area contributed by atoms with Crippen molar-refractivity contribution in [3.05, 3.63) is 11.6 Å². The van der Waals surface area contributed by atoms with Gasteiger partial charge in [0.25, 0.3) is 0 Å². The summed E-state index contributed by atoms with van der Waals surface area (Å²) in [6, 6.07) is 0. The third-order valence-corrected chi connectivity index (χ3v) is 8.92. The Hall–Kier alpha value is -0.770. The molecule has 0 spiro atoms. The summed E-state index contributed by atoms with van der Waals surface area (Å²) >= 11 is 4.18. The predicted octanol–water partition coefficient (Wildman–Crippen LogP) is 5.14. The minimum Gasteiger partial charge on any atom is -0.462 e. The van der Waals surface area contributed by atoms with E-state index in [1.807, 2.05) is 0 Å². The van der Waals surface area contributed by atoms with E-state index in [2.05, 4.69) is 32.6 Å². The lowest BCUT2D eigenvalue weighted by Crippen LogP contribution is -2.50. The third-order valence-electron chi connectivity index (χ3n) is 8.60. The normalized spacial score (nSPS) is 43.4. The molecule has 3 unspecified atom stereocenters. The maximum Gasteiger partial charge on any atom is 0.306 e. The van der Waals surface area contributed by atoms with Gasteiger partial charge in [-0.1, -0.05) is 25.5 Å². The van der Waals surface area contributed by atoms with E-state index in [0.717, 1.165) is 57.1 Å². The number of rotatable bonds is 4. The van der Waals surface area contributed by atoms with Gasteiger partial charge in [-0.15, -0.1) is 0 Å². The second kappa shape index (κ2) is 7.24.